The molecule has 0 aromatic heterocycles. The molecule has 0 saturated carbocycles. The zero-order chi connectivity index (χ0) is 12.7. The minimum Gasteiger partial charge on any atom is -0.481 e. The molecule has 1 atom stereocenters. The zero-order valence-electron chi connectivity index (χ0n) is 10.4. The third kappa shape index (κ3) is 4.00. The van der Waals surface area contributed by atoms with Crippen molar-refractivity contribution in [2.24, 2.45) is 5.41 Å². The van der Waals surface area contributed by atoms with Crippen LogP contribution in [0, 0.1) is 5.41 Å². The van der Waals surface area contributed by atoms with Crippen LogP contribution in [0.15, 0.2) is 0 Å². The van der Waals surface area contributed by atoms with E-state index < -0.39 is 5.97 Å². The lowest BCUT2D eigenvalue weighted by atomic mass is 9.81. The van der Waals surface area contributed by atoms with Crippen molar-refractivity contribution in [2.45, 2.75) is 39.0 Å². The van der Waals surface area contributed by atoms with Crippen molar-refractivity contribution in [1.29, 1.82) is 0 Å². The van der Waals surface area contributed by atoms with E-state index in [2.05, 4.69) is 17.6 Å². The molecule has 1 heterocycles. The highest BCUT2D eigenvalue weighted by molar-refractivity contribution is 5.83. The summed E-state index contributed by atoms with van der Waals surface area (Å²) in [5, 5.41) is 14.6. The van der Waals surface area contributed by atoms with Gasteiger partial charge in [-0.15, -0.1) is 0 Å². The van der Waals surface area contributed by atoms with Gasteiger partial charge in [0.2, 0.25) is 5.91 Å². The molecule has 0 radical (unpaired) electrons. The highest BCUT2D eigenvalue weighted by Gasteiger charge is 2.39. The fourth-order valence-corrected chi connectivity index (χ4v) is 2.37. The van der Waals surface area contributed by atoms with Crippen molar-refractivity contribution in [3.05, 3.63) is 0 Å². The summed E-state index contributed by atoms with van der Waals surface area (Å²) in [6.45, 7) is 4.17. The SMILES string of the molecule is CCCC1(C(=O)NCCCC(=O)O)CCNC1. The third-order valence-electron chi connectivity index (χ3n) is 3.31. The Hall–Kier alpha value is -1.10. The maximum atomic E-state index is 12.1. The van der Waals surface area contributed by atoms with Crippen LogP contribution in [0.2, 0.25) is 0 Å². The molecule has 0 aromatic rings. The third-order valence-corrected chi connectivity index (χ3v) is 3.31. The van der Waals surface area contributed by atoms with Crippen molar-refractivity contribution in [1.82, 2.24) is 10.6 Å². The molecule has 1 fully saturated rings. The first-order valence-corrected chi connectivity index (χ1v) is 6.31. The van der Waals surface area contributed by atoms with Crippen LogP contribution in [0.5, 0.6) is 0 Å². The Kier molecular flexibility index (Phi) is 5.41. The number of aliphatic carboxylic acids is 1. The second kappa shape index (κ2) is 6.59. The summed E-state index contributed by atoms with van der Waals surface area (Å²) in [6, 6.07) is 0. The van der Waals surface area contributed by atoms with E-state index in [0.717, 1.165) is 32.4 Å². The molecule has 1 saturated heterocycles. The quantitative estimate of drug-likeness (QED) is 0.576. The number of amides is 1. The van der Waals surface area contributed by atoms with E-state index in [4.69, 9.17) is 5.11 Å². The molecule has 0 aliphatic carbocycles. The summed E-state index contributed by atoms with van der Waals surface area (Å²) >= 11 is 0. The van der Waals surface area contributed by atoms with Gasteiger partial charge in [-0.1, -0.05) is 13.3 Å². The van der Waals surface area contributed by atoms with Crippen LogP contribution >= 0.6 is 0 Å². The van der Waals surface area contributed by atoms with Gasteiger partial charge in [-0.2, -0.15) is 0 Å². The van der Waals surface area contributed by atoms with Gasteiger partial charge in [0.25, 0.3) is 0 Å². The second-order valence-corrected chi connectivity index (χ2v) is 4.71. The van der Waals surface area contributed by atoms with Crippen LogP contribution in [0.25, 0.3) is 0 Å². The number of carboxylic acid groups (broad SMARTS) is 1. The molecule has 98 valence electrons. The molecule has 0 bridgehead atoms. The first kappa shape index (κ1) is 14.0. The van der Waals surface area contributed by atoms with Crippen LogP contribution in [0.3, 0.4) is 0 Å². The lowest BCUT2D eigenvalue weighted by molar-refractivity contribution is -0.137. The Bertz CT molecular complexity index is 273. The van der Waals surface area contributed by atoms with Gasteiger partial charge in [-0.25, -0.2) is 0 Å². The number of rotatable bonds is 7. The number of hydrogen-bond donors (Lipinski definition) is 3. The summed E-state index contributed by atoms with van der Waals surface area (Å²) in [5.74, 6) is -0.736. The normalized spacial score (nSPS) is 23.6. The number of carbonyl (C=O) groups is 2. The Morgan fingerprint density at radius 3 is 2.76 bits per heavy atom. The number of nitrogens with one attached hydrogen (secondary N) is 2. The summed E-state index contributed by atoms with van der Waals surface area (Å²) in [7, 11) is 0. The lowest BCUT2D eigenvalue weighted by Crippen LogP contribution is -2.42. The summed E-state index contributed by atoms with van der Waals surface area (Å²) in [5.41, 5.74) is -0.266. The van der Waals surface area contributed by atoms with Crippen LogP contribution in [0.4, 0.5) is 0 Å². The molecule has 1 rings (SSSR count). The van der Waals surface area contributed by atoms with Crippen molar-refractivity contribution in [3.63, 3.8) is 0 Å². The zero-order valence-corrected chi connectivity index (χ0v) is 10.4. The van der Waals surface area contributed by atoms with Gasteiger partial charge in [-0.05, 0) is 25.8 Å². The fraction of sp³-hybridized carbons (Fsp3) is 0.833. The topological polar surface area (TPSA) is 78.4 Å². The molecule has 1 aliphatic heterocycles. The molecule has 0 spiro atoms. The fourth-order valence-electron chi connectivity index (χ4n) is 2.37. The Balaban J connectivity index is 2.35. The number of hydrogen-bond acceptors (Lipinski definition) is 3. The summed E-state index contributed by atoms with van der Waals surface area (Å²) in [6.07, 6.45) is 3.37. The maximum Gasteiger partial charge on any atom is 0.303 e. The van der Waals surface area contributed by atoms with Gasteiger partial charge in [0.1, 0.15) is 0 Å². The van der Waals surface area contributed by atoms with Gasteiger partial charge in [0, 0.05) is 19.5 Å². The average Bonchev–Trinajstić information content (AvgIpc) is 2.74. The van der Waals surface area contributed by atoms with E-state index in [1.165, 1.54) is 0 Å². The largest absolute Gasteiger partial charge is 0.481 e. The van der Waals surface area contributed by atoms with E-state index in [0.29, 0.717) is 13.0 Å². The highest BCUT2D eigenvalue weighted by atomic mass is 16.4. The smallest absolute Gasteiger partial charge is 0.303 e. The first-order valence-electron chi connectivity index (χ1n) is 6.31. The van der Waals surface area contributed by atoms with Gasteiger partial charge in [0.05, 0.1) is 5.41 Å². The molecule has 3 N–H and O–H groups in total. The first-order chi connectivity index (χ1) is 8.10. The average molecular weight is 242 g/mol. The minimum absolute atomic E-state index is 0.0785. The Labute approximate surface area is 102 Å². The van der Waals surface area contributed by atoms with Gasteiger partial charge < -0.3 is 15.7 Å². The Morgan fingerprint density at radius 2 is 2.24 bits per heavy atom. The standard InChI is InChI=1S/C12H22N2O3/c1-2-5-12(6-8-13-9-12)11(17)14-7-3-4-10(15)16/h13H,2-9H2,1H3,(H,14,17)(H,15,16). The molecule has 1 amide bonds. The van der Waals surface area contributed by atoms with Crippen molar-refractivity contribution in [3.8, 4) is 0 Å². The van der Waals surface area contributed by atoms with Crippen molar-refractivity contribution < 1.29 is 14.7 Å². The maximum absolute atomic E-state index is 12.1. The van der Waals surface area contributed by atoms with E-state index >= 15 is 0 Å². The second-order valence-electron chi connectivity index (χ2n) is 4.71. The summed E-state index contributed by atoms with van der Waals surface area (Å²) < 4.78 is 0. The molecule has 1 unspecified atom stereocenters. The lowest BCUT2D eigenvalue weighted by Gasteiger charge is -2.26. The van der Waals surface area contributed by atoms with E-state index in [9.17, 15) is 9.59 Å². The van der Waals surface area contributed by atoms with E-state index in [1.54, 1.807) is 0 Å². The van der Waals surface area contributed by atoms with Crippen LogP contribution in [0.1, 0.15) is 39.0 Å². The monoisotopic (exact) mass is 242 g/mol. The predicted octanol–water partition coefficient (Wildman–Crippen LogP) is 0.747. The van der Waals surface area contributed by atoms with Gasteiger partial charge in [0.15, 0.2) is 0 Å². The van der Waals surface area contributed by atoms with Gasteiger partial charge in [-0.3, -0.25) is 9.59 Å². The van der Waals surface area contributed by atoms with E-state index in [-0.39, 0.29) is 17.7 Å². The Morgan fingerprint density at radius 1 is 1.47 bits per heavy atom. The van der Waals surface area contributed by atoms with Crippen LogP contribution in [-0.4, -0.2) is 36.6 Å². The van der Waals surface area contributed by atoms with Crippen molar-refractivity contribution >= 4 is 11.9 Å². The minimum atomic E-state index is -0.815. The van der Waals surface area contributed by atoms with E-state index in [1.807, 2.05) is 0 Å². The molecular weight excluding hydrogens is 220 g/mol. The molecule has 17 heavy (non-hydrogen) atoms. The molecule has 5 heteroatoms. The van der Waals surface area contributed by atoms with Crippen molar-refractivity contribution in [2.75, 3.05) is 19.6 Å². The predicted molar refractivity (Wildman–Crippen MR) is 64.7 cm³/mol. The molecule has 0 aromatic carbocycles. The molecule has 1 aliphatic rings. The number of carbonyl (C=O) groups excluding carboxylic acids is 1. The van der Waals surface area contributed by atoms with Gasteiger partial charge >= 0.3 is 5.97 Å². The van der Waals surface area contributed by atoms with Crippen LogP contribution in [-0.2, 0) is 9.59 Å². The summed E-state index contributed by atoms with van der Waals surface area (Å²) in [4.78, 5) is 22.4. The highest BCUT2D eigenvalue weighted by Crippen LogP contribution is 2.31. The number of carboxylic acids is 1. The molecular formula is C12H22N2O3. The van der Waals surface area contributed by atoms with Crippen LogP contribution < -0.4 is 10.6 Å². The molecule has 5 nitrogen and oxygen atoms in total.